The third-order valence-electron chi connectivity index (χ3n) is 13.6. The molecule has 10 aromatic carbocycles. The molecule has 0 saturated carbocycles. The molecule has 63 heavy (non-hydrogen) atoms. The van der Waals surface area contributed by atoms with Crippen LogP contribution in [0.15, 0.2) is 218 Å². The molecule has 12 aromatic rings. The van der Waals surface area contributed by atoms with E-state index in [0.717, 1.165) is 45.4 Å². The molecule has 1 aliphatic carbocycles. The maximum atomic E-state index is 6.74. The zero-order valence-electron chi connectivity index (χ0n) is 34.0. The van der Waals surface area contributed by atoms with E-state index < -0.39 is 5.41 Å². The molecule has 4 heteroatoms. The molecule has 1 spiro atoms. The minimum atomic E-state index is -0.614. The van der Waals surface area contributed by atoms with Gasteiger partial charge in [0.05, 0.1) is 27.8 Å². The second-order valence-corrected chi connectivity index (χ2v) is 17.8. The molecule has 0 unspecified atom stereocenters. The molecule has 0 amide bonds. The number of rotatable bonds is 4. The van der Waals surface area contributed by atoms with Gasteiger partial charge in [-0.1, -0.05) is 152 Å². The van der Waals surface area contributed by atoms with Crippen molar-refractivity contribution in [2.75, 3.05) is 4.90 Å². The van der Waals surface area contributed by atoms with Gasteiger partial charge in [-0.2, -0.15) is 0 Å². The molecule has 0 N–H and O–H groups in total. The zero-order valence-corrected chi connectivity index (χ0v) is 34.8. The molecule has 2 aromatic heterocycles. The summed E-state index contributed by atoms with van der Waals surface area (Å²) in [4.78, 5) is 2.54. The van der Waals surface area contributed by atoms with Gasteiger partial charge >= 0.3 is 0 Å². The number of nitrogens with zero attached hydrogens (tertiary/aromatic N) is 2. The summed E-state index contributed by atoms with van der Waals surface area (Å²) in [6.07, 6.45) is 0. The van der Waals surface area contributed by atoms with Crippen LogP contribution in [0.3, 0.4) is 0 Å². The number of fused-ring (bicyclic) bond motifs is 14. The van der Waals surface area contributed by atoms with Gasteiger partial charge < -0.3 is 14.2 Å². The molecule has 1 aliphatic heterocycles. The molecule has 2 aliphatic rings. The van der Waals surface area contributed by atoms with Crippen molar-refractivity contribution in [2.24, 2.45) is 0 Å². The molecule has 3 nitrogen and oxygen atoms in total. The Balaban J connectivity index is 1.12. The topological polar surface area (TPSA) is 17.4 Å². The number of hydrogen-bond acceptors (Lipinski definition) is 3. The number of benzene rings is 10. The average Bonchev–Trinajstić information content (AvgIpc) is 3.89. The van der Waals surface area contributed by atoms with E-state index in [2.05, 4.69) is 228 Å². The summed E-state index contributed by atoms with van der Waals surface area (Å²) in [5.74, 6) is 1.78. The van der Waals surface area contributed by atoms with Crippen molar-refractivity contribution in [3.8, 4) is 28.3 Å². The lowest BCUT2D eigenvalue weighted by Gasteiger charge is -2.45. The van der Waals surface area contributed by atoms with E-state index in [1.165, 1.54) is 75.0 Å². The first-order valence-corrected chi connectivity index (χ1v) is 22.4. The van der Waals surface area contributed by atoms with Crippen molar-refractivity contribution in [3.63, 3.8) is 0 Å². The van der Waals surface area contributed by atoms with E-state index >= 15 is 0 Å². The maximum absolute atomic E-state index is 6.74. The molecule has 0 fully saturated rings. The van der Waals surface area contributed by atoms with Crippen LogP contribution in [0.4, 0.5) is 17.1 Å². The fraction of sp³-hybridized carbons (Fsp3) is 0.0169. The van der Waals surface area contributed by atoms with Gasteiger partial charge in [0.25, 0.3) is 0 Å². The lowest BCUT2D eigenvalue weighted by Crippen LogP contribution is -2.36. The smallest absolute Gasteiger partial charge is 0.132 e. The third kappa shape index (κ3) is 4.68. The Kier molecular flexibility index (Phi) is 7.20. The van der Waals surface area contributed by atoms with Gasteiger partial charge in [-0.15, -0.1) is 11.3 Å². The van der Waals surface area contributed by atoms with Crippen LogP contribution in [-0.4, -0.2) is 4.57 Å². The van der Waals surface area contributed by atoms with Gasteiger partial charge in [0.2, 0.25) is 0 Å². The van der Waals surface area contributed by atoms with Crippen molar-refractivity contribution in [2.45, 2.75) is 5.41 Å². The van der Waals surface area contributed by atoms with Crippen LogP contribution in [0, 0.1) is 0 Å². The monoisotopic (exact) mass is 820 g/mol. The number of ether oxygens (including phenoxy) is 1. The third-order valence-corrected chi connectivity index (χ3v) is 14.8. The highest BCUT2D eigenvalue weighted by Gasteiger charge is 2.49. The minimum Gasteiger partial charge on any atom is -0.457 e. The van der Waals surface area contributed by atoms with Crippen LogP contribution < -0.4 is 9.64 Å². The van der Waals surface area contributed by atoms with Crippen LogP contribution in [0.5, 0.6) is 11.5 Å². The van der Waals surface area contributed by atoms with Gasteiger partial charge in [0, 0.05) is 58.8 Å². The summed E-state index contributed by atoms with van der Waals surface area (Å²) in [6.45, 7) is 0. The lowest BCUT2D eigenvalue weighted by molar-refractivity contribution is 0.435. The molecule has 294 valence electrons. The molecule has 3 heterocycles. The van der Waals surface area contributed by atoms with Crippen LogP contribution in [-0.2, 0) is 5.41 Å². The highest BCUT2D eigenvalue weighted by molar-refractivity contribution is 7.26. The fourth-order valence-corrected chi connectivity index (χ4v) is 12.3. The molecule has 14 rings (SSSR count). The number of thiophene rings is 1. The van der Waals surface area contributed by atoms with Crippen molar-refractivity contribution < 1.29 is 4.74 Å². The second kappa shape index (κ2) is 13.0. The summed E-state index contributed by atoms with van der Waals surface area (Å²) >= 11 is 1.86. The summed E-state index contributed by atoms with van der Waals surface area (Å²) in [6, 6.07) is 80.3. The van der Waals surface area contributed by atoms with Gasteiger partial charge in [0.1, 0.15) is 11.5 Å². The van der Waals surface area contributed by atoms with Gasteiger partial charge in [0.15, 0.2) is 0 Å². The molecule has 0 saturated heterocycles. The summed E-state index contributed by atoms with van der Waals surface area (Å²) in [5.41, 5.74) is 13.6. The zero-order chi connectivity index (χ0) is 41.2. The quantitative estimate of drug-likeness (QED) is 0.176. The summed E-state index contributed by atoms with van der Waals surface area (Å²) in [7, 11) is 0. The predicted octanol–water partition coefficient (Wildman–Crippen LogP) is 16.2. The normalized spacial score (nSPS) is 13.3. The maximum Gasteiger partial charge on any atom is 0.132 e. The van der Waals surface area contributed by atoms with E-state index in [-0.39, 0.29) is 0 Å². The SMILES string of the molecule is c1ccc(-n2c3ccccc3c3ccc(N(c4ccc5c6c(cccc46)C4(c6ccccc6Oc6ccccc64)c4ccccc4-5)c4cccc5sc6ccccc6c45)cc32)cc1. The number of hydrogen-bond donors (Lipinski definition) is 0. The first-order valence-electron chi connectivity index (χ1n) is 21.6. The van der Waals surface area contributed by atoms with Gasteiger partial charge in [-0.3, -0.25) is 0 Å². The first kappa shape index (κ1) is 34.8. The Morgan fingerprint density at radius 2 is 1.03 bits per heavy atom. The number of aromatic nitrogens is 1. The highest BCUT2D eigenvalue weighted by Crippen LogP contribution is 2.62. The average molecular weight is 821 g/mol. The van der Waals surface area contributed by atoms with Crippen molar-refractivity contribution in [3.05, 3.63) is 241 Å². The van der Waals surface area contributed by atoms with Crippen LogP contribution in [0.2, 0.25) is 0 Å². The Morgan fingerprint density at radius 3 is 1.87 bits per heavy atom. The predicted molar refractivity (Wildman–Crippen MR) is 263 cm³/mol. The second-order valence-electron chi connectivity index (χ2n) is 16.7. The largest absolute Gasteiger partial charge is 0.457 e. The minimum absolute atomic E-state index is 0.614. The van der Waals surface area contributed by atoms with Gasteiger partial charge in [-0.25, -0.2) is 0 Å². The Hall–Kier alpha value is -7.92. The molecular weight excluding hydrogens is 785 g/mol. The van der Waals surface area contributed by atoms with E-state index in [1.54, 1.807) is 0 Å². The van der Waals surface area contributed by atoms with Crippen molar-refractivity contribution in [1.82, 2.24) is 4.57 Å². The highest BCUT2D eigenvalue weighted by atomic mass is 32.1. The Labute approximate surface area is 367 Å². The summed E-state index contributed by atoms with van der Waals surface area (Å²) in [5, 5.41) is 7.44. The first-order chi connectivity index (χ1) is 31.3. The van der Waals surface area contributed by atoms with Crippen LogP contribution in [0.1, 0.15) is 22.3 Å². The molecular formula is C59H36N2OS. The molecule has 0 atom stereocenters. The molecule has 0 radical (unpaired) electrons. The summed E-state index contributed by atoms with van der Waals surface area (Å²) < 4.78 is 11.7. The van der Waals surface area contributed by atoms with E-state index in [9.17, 15) is 0 Å². The van der Waals surface area contributed by atoms with Crippen LogP contribution >= 0.6 is 11.3 Å². The Bertz CT molecular complexity index is 3810. The van der Waals surface area contributed by atoms with Crippen LogP contribution in [0.25, 0.3) is 69.6 Å². The standard InChI is InChI=1S/C59H36N2OS/c1-2-16-37(17-3-1)60-49-26-10-5-19-40(49)41-33-32-38(36-52(41)60)61(51-27-15-31-56-58(51)44-20-6-13-30-55(44)63-56)50-35-34-42-39-18-4-7-22-45(39)59(48-25-14-21-43(50)57(42)48)46-23-8-11-28-53(46)62-54-29-12-9-24-47(54)59/h1-36H. The Morgan fingerprint density at radius 1 is 0.397 bits per heavy atom. The lowest BCUT2D eigenvalue weighted by atomic mass is 9.58. The van der Waals surface area contributed by atoms with Crippen molar-refractivity contribution >= 4 is 81.1 Å². The van der Waals surface area contributed by atoms with E-state index in [1.807, 2.05) is 11.3 Å². The molecule has 0 bridgehead atoms. The fourth-order valence-electron chi connectivity index (χ4n) is 11.2. The number of para-hydroxylation sites is 4. The van der Waals surface area contributed by atoms with E-state index in [0.29, 0.717) is 0 Å². The van der Waals surface area contributed by atoms with Gasteiger partial charge in [-0.05, 0) is 94.4 Å². The van der Waals surface area contributed by atoms with Crippen molar-refractivity contribution in [1.29, 1.82) is 0 Å². The number of anilines is 3. The van der Waals surface area contributed by atoms with E-state index in [4.69, 9.17) is 4.74 Å².